The predicted octanol–water partition coefficient (Wildman–Crippen LogP) is 3.82. The minimum absolute atomic E-state index is 0.0865. The molecule has 0 bridgehead atoms. The molecule has 154 valence electrons. The molecule has 2 N–H and O–H groups in total. The Morgan fingerprint density at radius 3 is 2.59 bits per heavy atom. The summed E-state index contributed by atoms with van der Waals surface area (Å²) < 4.78 is 0. The van der Waals surface area contributed by atoms with Gasteiger partial charge in [0, 0.05) is 37.5 Å². The van der Waals surface area contributed by atoms with E-state index in [-0.39, 0.29) is 17.2 Å². The summed E-state index contributed by atoms with van der Waals surface area (Å²) >= 11 is 0. The van der Waals surface area contributed by atoms with Crippen molar-refractivity contribution in [3.63, 3.8) is 0 Å². The van der Waals surface area contributed by atoms with Gasteiger partial charge in [-0.3, -0.25) is 14.6 Å². The van der Waals surface area contributed by atoms with E-state index in [4.69, 9.17) is 5.73 Å². The molecule has 2 amide bonds. The topological polar surface area (TPSA) is 76.3 Å². The van der Waals surface area contributed by atoms with Crippen LogP contribution in [0, 0.1) is 10.8 Å². The van der Waals surface area contributed by atoms with Crippen LogP contribution in [0.4, 0.5) is 0 Å². The molecule has 29 heavy (non-hydrogen) atoms. The van der Waals surface area contributed by atoms with Gasteiger partial charge in [0.1, 0.15) is 0 Å². The fraction of sp³-hybridized carbons (Fsp3) is 0.458. The number of nitrogens with zero attached hydrogens (tertiary/aromatic N) is 2. The third-order valence-electron chi connectivity index (χ3n) is 5.65. The van der Waals surface area contributed by atoms with Gasteiger partial charge in [-0.2, -0.15) is 0 Å². The van der Waals surface area contributed by atoms with Crippen molar-refractivity contribution in [3.05, 3.63) is 54.4 Å². The van der Waals surface area contributed by atoms with Crippen molar-refractivity contribution in [1.29, 1.82) is 0 Å². The summed E-state index contributed by atoms with van der Waals surface area (Å²) in [7, 11) is 0. The van der Waals surface area contributed by atoms with Crippen LogP contribution in [0.5, 0.6) is 0 Å². The third kappa shape index (κ3) is 5.03. The zero-order valence-corrected chi connectivity index (χ0v) is 17.6. The van der Waals surface area contributed by atoms with Gasteiger partial charge in [0.05, 0.1) is 5.41 Å². The lowest BCUT2D eigenvalue weighted by atomic mass is 9.73. The molecule has 1 aromatic heterocycles. The summed E-state index contributed by atoms with van der Waals surface area (Å²) in [5.74, 6) is -0.227. The molecule has 1 fully saturated rings. The molecule has 1 aliphatic rings. The predicted molar refractivity (Wildman–Crippen MR) is 115 cm³/mol. The van der Waals surface area contributed by atoms with E-state index in [1.165, 1.54) is 0 Å². The molecule has 1 atom stereocenters. The van der Waals surface area contributed by atoms with Gasteiger partial charge in [0.15, 0.2) is 0 Å². The molecule has 0 saturated carbocycles. The maximum Gasteiger partial charge on any atom is 0.225 e. The standard InChI is InChI=1S/C24H31N3O2/c1-23(2,3)15-21(28)27-13-7-11-24(17-27,22(25)29)14-18-8-4-5-10-20(18)19-9-6-12-26-16-19/h4-6,8-10,12,16H,7,11,13-15,17H2,1-3H3,(H2,25,29). The maximum atomic E-state index is 12.8. The molecule has 1 aromatic carbocycles. The van der Waals surface area contributed by atoms with Gasteiger partial charge in [-0.25, -0.2) is 0 Å². The Balaban J connectivity index is 1.89. The number of benzene rings is 1. The summed E-state index contributed by atoms with van der Waals surface area (Å²) in [4.78, 5) is 31.5. The highest BCUT2D eigenvalue weighted by Gasteiger charge is 2.42. The molecule has 2 aromatic rings. The molecule has 5 heteroatoms. The van der Waals surface area contributed by atoms with Crippen LogP contribution in [0.25, 0.3) is 11.1 Å². The van der Waals surface area contributed by atoms with Crippen molar-refractivity contribution >= 4 is 11.8 Å². The zero-order chi connectivity index (χ0) is 21.1. The molecule has 1 unspecified atom stereocenters. The molecule has 1 saturated heterocycles. The van der Waals surface area contributed by atoms with E-state index in [0.717, 1.165) is 23.1 Å². The molecule has 0 aliphatic carbocycles. The fourth-order valence-corrected chi connectivity index (χ4v) is 4.19. The number of nitrogens with two attached hydrogens (primary N) is 1. The van der Waals surface area contributed by atoms with Crippen molar-refractivity contribution in [2.24, 2.45) is 16.6 Å². The van der Waals surface area contributed by atoms with Crippen molar-refractivity contribution in [2.75, 3.05) is 13.1 Å². The normalized spacial score (nSPS) is 19.8. The lowest BCUT2D eigenvalue weighted by Gasteiger charge is -2.42. The monoisotopic (exact) mass is 393 g/mol. The molecule has 0 spiro atoms. The number of piperidine rings is 1. The summed E-state index contributed by atoms with van der Waals surface area (Å²) in [5, 5.41) is 0. The van der Waals surface area contributed by atoms with Crippen LogP contribution >= 0.6 is 0 Å². The van der Waals surface area contributed by atoms with Crippen molar-refractivity contribution < 1.29 is 9.59 Å². The number of primary amides is 1. The number of aromatic nitrogens is 1. The highest BCUT2D eigenvalue weighted by molar-refractivity contribution is 5.84. The van der Waals surface area contributed by atoms with E-state index in [1.54, 1.807) is 6.20 Å². The van der Waals surface area contributed by atoms with Gasteiger partial charge in [-0.1, -0.05) is 51.1 Å². The first-order valence-electron chi connectivity index (χ1n) is 10.3. The smallest absolute Gasteiger partial charge is 0.225 e. The lowest BCUT2D eigenvalue weighted by Crippen LogP contribution is -2.53. The van der Waals surface area contributed by atoms with E-state index in [9.17, 15) is 9.59 Å². The van der Waals surface area contributed by atoms with E-state index >= 15 is 0 Å². The quantitative estimate of drug-likeness (QED) is 0.839. The second-order valence-electron chi connectivity index (χ2n) is 9.38. The Morgan fingerprint density at radius 1 is 1.17 bits per heavy atom. The summed E-state index contributed by atoms with van der Waals surface area (Å²) in [5.41, 5.74) is 8.23. The SMILES string of the molecule is CC(C)(C)CC(=O)N1CCCC(Cc2ccccc2-c2cccnc2)(C(N)=O)C1. The number of amides is 2. The Bertz CT molecular complexity index is 873. The molecule has 1 aliphatic heterocycles. The number of rotatable bonds is 5. The largest absolute Gasteiger partial charge is 0.369 e. The average Bonchev–Trinajstić information content (AvgIpc) is 2.68. The third-order valence-corrected chi connectivity index (χ3v) is 5.65. The van der Waals surface area contributed by atoms with E-state index in [0.29, 0.717) is 32.4 Å². The van der Waals surface area contributed by atoms with Gasteiger partial charge >= 0.3 is 0 Å². The van der Waals surface area contributed by atoms with Crippen LogP contribution in [0.15, 0.2) is 48.8 Å². The Morgan fingerprint density at radius 2 is 1.93 bits per heavy atom. The van der Waals surface area contributed by atoms with E-state index < -0.39 is 5.41 Å². The average molecular weight is 394 g/mol. The van der Waals surface area contributed by atoms with Crippen LogP contribution in [0.2, 0.25) is 0 Å². The fourth-order valence-electron chi connectivity index (χ4n) is 4.19. The van der Waals surface area contributed by atoms with Gasteiger partial charge in [-0.05, 0) is 41.9 Å². The number of carbonyl (C=O) groups is 2. The van der Waals surface area contributed by atoms with Crippen LogP contribution < -0.4 is 5.73 Å². The first kappa shape index (κ1) is 21.0. The highest BCUT2D eigenvalue weighted by Crippen LogP contribution is 2.37. The first-order valence-corrected chi connectivity index (χ1v) is 10.3. The summed E-state index contributed by atoms with van der Waals surface area (Å²) in [6, 6.07) is 12.0. The Labute approximate surface area is 173 Å². The van der Waals surface area contributed by atoms with Crippen LogP contribution in [0.3, 0.4) is 0 Å². The molecular formula is C24H31N3O2. The maximum absolute atomic E-state index is 12.8. The lowest BCUT2D eigenvalue weighted by molar-refractivity contribution is -0.141. The molecule has 3 rings (SSSR count). The Kier molecular flexibility index (Phi) is 6.06. The van der Waals surface area contributed by atoms with Crippen LogP contribution in [-0.4, -0.2) is 34.8 Å². The first-order chi connectivity index (χ1) is 13.7. The van der Waals surface area contributed by atoms with Crippen LogP contribution in [0.1, 0.15) is 45.6 Å². The molecular weight excluding hydrogens is 362 g/mol. The van der Waals surface area contributed by atoms with E-state index in [2.05, 4.69) is 25.8 Å². The second-order valence-corrected chi connectivity index (χ2v) is 9.38. The second kappa shape index (κ2) is 8.36. The summed E-state index contributed by atoms with van der Waals surface area (Å²) in [6.45, 7) is 7.24. The summed E-state index contributed by atoms with van der Waals surface area (Å²) in [6.07, 6.45) is 6.05. The number of likely N-dealkylation sites (tertiary alicyclic amines) is 1. The van der Waals surface area contributed by atoms with Gasteiger partial charge in [0.25, 0.3) is 0 Å². The minimum atomic E-state index is -0.746. The minimum Gasteiger partial charge on any atom is -0.369 e. The van der Waals surface area contributed by atoms with Crippen molar-refractivity contribution in [2.45, 2.75) is 46.5 Å². The number of pyridine rings is 1. The zero-order valence-electron chi connectivity index (χ0n) is 17.6. The number of carbonyl (C=O) groups excluding carboxylic acids is 2. The number of hydrogen-bond acceptors (Lipinski definition) is 3. The number of hydrogen-bond donors (Lipinski definition) is 1. The van der Waals surface area contributed by atoms with Crippen molar-refractivity contribution in [1.82, 2.24) is 9.88 Å². The van der Waals surface area contributed by atoms with Crippen LogP contribution in [-0.2, 0) is 16.0 Å². The molecule has 0 radical (unpaired) electrons. The van der Waals surface area contributed by atoms with Gasteiger partial charge in [-0.15, -0.1) is 0 Å². The van der Waals surface area contributed by atoms with Gasteiger partial charge in [0.2, 0.25) is 11.8 Å². The molecule has 5 nitrogen and oxygen atoms in total. The highest BCUT2D eigenvalue weighted by atomic mass is 16.2. The van der Waals surface area contributed by atoms with Crippen molar-refractivity contribution in [3.8, 4) is 11.1 Å². The van der Waals surface area contributed by atoms with Gasteiger partial charge < -0.3 is 10.6 Å². The van der Waals surface area contributed by atoms with E-state index in [1.807, 2.05) is 47.5 Å². The Hall–Kier alpha value is -2.69. The molecule has 2 heterocycles.